The minimum absolute atomic E-state index is 0.0413. The van der Waals surface area contributed by atoms with E-state index in [0.717, 1.165) is 48.5 Å². The molecule has 2 aliphatic rings. The molecule has 0 bridgehead atoms. The molecule has 5 heteroatoms. The standard InChI is InChI=1S/C20H26N4O/c1-23(20(25)13-21)15-16-6-4-8-17(12-16)18-7-2-3-9-19(22-14-18)24-10-5-11-24/h4,6-9,12,14H,2-3,5,10-11,13,15,21H2,1H3. The van der Waals surface area contributed by atoms with E-state index in [1.807, 2.05) is 18.3 Å². The van der Waals surface area contributed by atoms with Gasteiger partial charge in [0.2, 0.25) is 5.91 Å². The summed E-state index contributed by atoms with van der Waals surface area (Å²) < 4.78 is 0. The van der Waals surface area contributed by atoms with Crippen LogP contribution in [0.1, 0.15) is 30.4 Å². The Balaban J connectivity index is 1.75. The molecule has 3 rings (SSSR count). The molecule has 132 valence electrons. The lowest BCUT2D eigenvalue weighted by molar-refractivity contribution is -0.128. The lowest BCUT2D eigenvalue weighted by Crippen LogP contribution is -2.35. The summed E-state index contributed by atoms with van der Waals surface area (Å²) in [5.74, 6) is 1.04. The topological polar surface area (TPSA) is 61.9 Å². The molecule has 25 heavy (non-hydrogen) atoms. The first-order chi connectivity index (χ1) is 12.2. The fourth-order valence-electron chi connectivity index (χ4n) is 3.01. The second kappa shape index (κ2) is 8.12. The Bertz CT molecular complexity index is 716. The summed E-state index contributed by atoms with van der Waals surface area (Å²) in [6, 6.07) is 8.30. The van der Waals surface area contributed by atoms with E-state index >= 15 is 0 Å². The van der Waals surface area contributed by atoms with Crippen molar-refractivity contribution in [1.29, 1.82) is 0 Å². The minimum Gasteiger partial charge on any atom is -0.357 e. The van der Waals surface area contributed by atoms with Crippen LogP contribution >= 0.6 is 0 Å². The number of nitrogens with zero attached hydrogens (tertiary/aromatic N) is 3. The Labute approximate surface area is 149 Å². The highest BCUT2D eigenvalue weighted by Crippen LogP contribution is 2.22. The second-order valence-corrected chi connectivity index (χ2v) is 6.55. The van der Waals surface area contributed by atoms with Gasteiger partial charge in [-0.15, -0.1) is 0 Å². The number of hydrogen-bond acceptors (Lipinski definition) is 4. The van der Waals surface area contributed by atoms with Gasteiger partial charge in [0.15, 0.2) is 0 Å². The van der Waals surface area contributed by atoms with Crippen LogP contribution in [0.5, 0.6) is 0 Å². The summed E-state index contributed by atoms with van der Waals surface area (Å²) in [5.41, 5.74) is 8.80. The fourth-order valence-corrected chi connectivity index (χ4v) is 3.01. The maximum absolute atomic E-state index is 11.7. The first-order valence-electron chi connectivity index (χ1n) is 8.90. The molecule has 2 aliphatic heterocycles. The SMILES string of the molecule is CN(Cc1cccc(C2=CCCC=C(N3CCC3)N=C2)c1)C(=O)CN. The molecule has 1 saturated heterocycles. The summed E-state index contributed by atoms with van der Waals surface area (Å²) in [5, 5.41) is 0. The van der Waals surface area contributed by atoms with Gasteiger partial charge in [0.25, 0.3) is 0 Å². The molecular weight excluding hydrogens is 312 g/mol. The van der Waals surface area contributed by atoms with E-state index < -0.39 is 0 Å². The fraction of sp³-hybridized carbons (Fsp3) is 0.400. The highest BCUT2D eigenvalue weighted by atomic mass is 16.2. The summed E-state index contributed by atoms with van der Waals surface area (Å²) in [7, 11) is 1.78. The van der Waals surface area contributed by atoms with Gasteiger partial charge in [-0.25, -0.2) is 4.99 Å². The molecule has 2 N–H and O–H groups in total. The van der Waals surface area contributed by atoms with Gasteiger partial charge in [-0.1, -0.05) is 24.3 Å². The number of carbonyl (C=O) groups is 1. The maximum atomic E-state index is 11.7. The molecule has 0 unspecified atom stereocenters. The lowest BCUT2D eigenvalue weighted by Gasteiger charge is -2.33. The Morgan fingerprint density at radius 2 is 2.08 bits per heavy atom. The summed E-state index contributed by atoms with van der Waals surface area (Å²) >= 11 is 0. The van der Waals surface area contributed by atoms with Gasteiger partial charge in [-0.2, -0.15) is 0 Å². The molecule has 0 atom stereocenters. The second-order valence-electron chi connectivity index (χ2n) is 6.55. The maximum Gasteiger partial charge on any atom is 0.236 e. The predicted molar refractivity (Wildman–Crippen MR) is 102 cm³/mol. The number of hydrogen-bond donors (Lipinski definition) is 1. The van der Waals surface area contributed by atoms with Gasteiger partial charge >= 0.3 is 0 Å². The molecular formula is C20H26N4O. The van der Waals surface area contributed by atoms with Crippen LogP contribution in [0.15, 0.2) is 47.2 Å². The van der Waals surface area contributed by atoms with Gasteiger partial charge in [-0.3, -0.25) is 4.79 Å². The largest absolute Gasteiger partial charge is 0.357 e. The van der Waals surface area contributed by atoms with Crippen LogP contribution in [0, 0.1) is 0 Å². The first kappa shape index (κ1) is 17.4. The van der Waals surface area contributed by atoms with Crippen molar-refractivity contribution in [2.45, 2.75) is 25.8 Å². The Hall–Kier alpha value is -2.40. The number of likely N-dealkylation sites (N-methyl/N-ethyl adjacent to an activating group) is 1. The number of benzene rings is 1. The number of carbonyl (C=O) groups excluding carboxylic acids is 1. The monoisotopic (exact) mass is 338 g/mol. The van der Waals surface area contributed by atoms with Gasteiger partial charge in [0.1, 0.15) is 5.82 Å². The van der Waals surface area contributed by atoms with Gasteiger partial charge < -0.3 is 15.5 Å². The van der Waals surface area contributed by atoms with E-state index in [-0.39, 0.29) is 12.5 Å². The number of aliphatic imine (C=N–C) groups is 1. The quantitative estimate of drug-likeness (QED) is 0.897. The molecule has 5 nitrogen and oxygen atoms in total. The number of amides is 1. The smallest absolute Gasteiger partial charge is 0.236 e. The molecule has 0 aliphatic carbocycles. The third kappa shape index (κ3) is 4.37. The van der Waals surface area contributed by atoms with Crippen molar-refractivity contribution in [3.8, 4) is 0 Å². The molecule has 1 fully saturated rings. The van der Waals surface area contributed by atoms with E-state index in [1.165, 1.54) is 6.42 Å². The highest BCUT2D eigenvalue weighted by molar-refractivity contribution is 6.10. The van der Waals surface area contributed by atoms with Crippen molar-refractivity contribution in [1.82, 2.24) is 9.80 Å². The molecule has 1 aromatic carbocycles. The van der Waals surface area contributed by atoms with Crippen molar-refractivity contribution in [2.75, 3.05) is 26.7 Å². The van der Waals surface area contributed by atoms with E-state index in [1.54, 1.807) is 11.9 Å². The molecule has 2 heterocycles. The van der Waals surface area contributed by atoms with Crippen LogP contribution in [0.3, 0.4) is 0 Å². The molecule has 0 spiro atoms. The van der Waals surface area contributed by atoms with Crippen molar-refractivity contribution < 1.29 is 4.79 Å². The zero-order valence-corrected chi connectivity index (χ0v) is 14.8. The van der Waals surface area contributed by atoms with Crippen LogP contribution in [-0.2, 0) is 11.3 Å². The van der Waals surface area contributed by atoms with Crippen molar-refractivity contribution >= 4 is 17.7 Å². The van der Waals surface area contributed by atoms with Crippen molar-refractivity contribution in [3.05, 3.63) is 53.4 Å². The van der Waals surface area contributed by atoms with Crippen LogP contribution in [0.2, 0.25) is 0 Å². The molecule has 1 aromatic rings. The van der Waals surface area contributed by atoms with E-state index in [0.29, 0.717) is 6.54 Å². The molecule has 1 amide bonds. The van der Waals surface area contributed by atoms with Crippen LogP contribution in [0.4, 0.5) is 0 Å². The van der Waals surface area contributed by atoms with E-state index in [2.05, 4.69) is 29.2 Å². The lowest BCUT2D eigenvalue weighted by atomic mass is 10.0. The zero-order chi connectivity index (χ0) is 17.6. The van der Waals surface area contributed by atoms with E-state index in [9.17, 15) is 4.79 Å². The van der Waals surface area contributed by atoms with Crippen molar-refractivity contribution in [3.63, 3.8) is 0 Å². The average molecular weight is 338 g/mol. The zero-order valence-electron chi connectivity index (χ0n) is 14.8. The Kier molecular flexibility index (Phi) is 5.66. The van der Waals surface area contributed by atoms with Gasteiger partial charge in [0.05, 0.1) is 6.54 Å². The number of likely N-dealkylation sites (tertiary alicyclic amines) is 1. The number of rotatable bonds is 5. The van der Waals surface area contributed by atoms with Crippen LogP contribution < -0.4 is 5.73 Å². The van der Waals surface area contributed by atoms with Crippen LogP contribution in [-0.4, -0.2) is 48.6 Å². The van der Waals surface area contributed by atoms with Gasteiger partial charge in [-0.05, 0) is 48.1 Å². The molecule has 0 saturated carbocycles. The summed E-state index contributed by atoms with van der Waals surface area (Å²) in [4.78, 5) is 20.4. The third-order valence-corrected chi connectivity index (χ3v) is 4.65. The molecule has 0 aromatic heterocycles. The average Bonchev–Trinajstić information content (AvgIpc) is 2.55. The number of allylic oxidation sites excluding steroid dienone is 3. The van der Waals surface area contributed by atoms with Crippen molar-refractivity contribution in [2.24, 2.45) is 10.7 Å². The summed E-state index contributed by atoms with van der Waals surface area (Å²) in [6.07, 6.45) is 9.71. The Morgan fingerprint density at radius 1 is 1.28 bits per heavy atom. The third-order valence-electron chi connectivity index (χ3n) is 4.65. The molecule has 0 radical (unpaired) electrons. The van der Waals surface area contributed by atoms with Crippen LogP contribution in [0.25, 0.3) is 5.57 Å². The van der Waals surface area contributed by atoms with E-state index in [4.69, 9.17) is 10.7 Å². The predicted octanol–water partition coefficient (Wildman–Crippen LogP) is 2.40. The highest BCUT2D eigenvalue weighted by Gasteiger charge is 2.16. The minimum atomic E-state index is -0.0542. The first-order valence-corrected chi connectivity index (χ1v) is 8.90. The normalized spacial score (nSPS) is 17.1. The Morgan fingerprint density at radius 3 is 2.80 bits per heavy atom. The van der Waals surface area contributed by atoms with Gasteiger partial charge in [0, 0.05) is 32.9 Å². The summed E-state index contributed by atoms with van der Waals surface area (Å²) in [6.45, 7) is 2.82. The number of nitrogens with two attached hydrogens (primary N) is 1.